The molecule has 0 nitrogen and oxygen atoms in total. The van der Waals surface area contributed by atoms with Crippen LogP contribution < -0.4 is 0 Å². The summed E-state index contributed by atoms with van der Waals surface area (Å²) in [6.07, 6.45) is 2.12. The van der Waals surface area contributed by atoms with Gasteiger partial charge in [-0.2, -0.15) is 0 Å². The number of rotatable bonds is 2. The Labute approximate surface area is 110 Å². The molecule has 3 rings (SSSR count). The monoisotopic (exact) mass is 254 g/mol. The Morgan fingerprint density at radius 1 is 0.737 bits per heavy atom. The number of hydrogen-bond acceptors (Lipinski definition) is 0. The Balaban J connectivity index is 2.11. The highest BCUT2D eigenvalue weighted by Crippen LogP contribution is 2.30. The summed E-state index contributed by atoms with van der Waals surface area (Å²) in [5.74, 6) is -0.525. The van der Waals surface area contributed by atoms with Gasteiger partial charge in [0.1, 0.15) is 11.6 Å². The van der Waals surface area contributed by atoms with Gasteiger partial charge in [0.15, 0.2) is 0 Å². The van der Waals surface area contributed by atoms with E-state index in [2.05, 4.69) is 5.73 Å². The van der Waals surface area contributed by atoms with Crippen molar-refractivity contribution < 1.29 is 8.78 Å². The minimum Gasteiger partial charge on any atom is -0.207 e. The Morgan fingerprint density at radius 2 is 1.16 bits per heavy atom. The molecule has 0 saturated heterocycles. The standard InChI is InChI=1S/C17H12F2/c18-15-7-3-13(4-8-15)17(11-12-1-2-12)14-5-9-16(19)10-6-14/h3-10H,1-2H2. The van der Waals surface area contributed by atoms with Gasteiger partial charge in [-0.3, -0.25) is 0 Å². The molecule has 0 atom stereocenters. The van der Waals surface area contributed by atoms with E-state index in [1.54, 1.807) is 24.3 Å². The highest BCUT2D eigenvalue weighted by atomic mass is 19.1. The van der Waals surface area contributed by atoms with Crippen LogP contribution in [0.25, 0.3) is 5.57 Å². The fourth-order valence-electron chi connectivity index (χ4n) is 1.91. The third kappa shape index (κ3) is 2.81. The molecule has 1 aliphatic rings. The van der Waals surface area contributed by atoms with Crippen molar-refractivity contribution in [3.05, 3.63) is 82.6 Å². The van der Waals surface area contributed by atoms with Crippen molar-refractivity contribution in [3.63, 3.8) is 0 Å². The van der Waals surface area contributed by atoms with Gasteiger partial charge in [-0.05, 0) is 53.8 Å². The maximum atomic E-state index is 13.0. The molecule has 0 aliphatic heterocycles. The Kier molecular flexibility index (Phi) is 3.02. The summed E-state index contributed by atoms with van der Waals surface area (Å²) >= 11 is 0. The van der Waals surface area contributed by atoms with E-state index in [9.17, 15) is 8.78 Å². The van der Waals surface area contributed by atoms with Crippen molar-refractivity contribution in [2.75, 3.05) is 0 Å². The van der Waals surface area contributed by atoms with Crippen LogP contribution in [0.15, 0.2) is 59.8 Å². The topological polar surface area (TPSA) is 0 Å². The van der Waals surface area contributed by atoms with Gasteiger partial charge in [-0.25, -0.2) is 8.78 Å². The summed E-state index contributed by atoms with van der Waals surface area (Å²) in [6, 6.07) is 12.6. The fraction of sp³-hybridized carbons (Fsp3) is 0.118. The van der Waals surface area contributed by atoms with Crippen LogP contribution >= 0.6 is 0 Å². The maximum Gasteiger partial charge on any atom is 0.123 e. The number of benzene rings is 2. The average molecular weight is 254 g/mol. The summed E-state index contributed by atoms with van der Waals surface area (Å²) in [5.41, 5.74) is 7.29. The van der Waals surface area contributed by atoms with Crippen LogP contribution in [0.2, 0.25) is 0 Å². The first-order valence-electron chi connectivity index (χ1n) is 6.23. The zero-order valence-electron chi connectivity index (χ0n) is 10.3. The summed E-state index contributed by atoms with van der Waals surface area (Å²) < 4.78 is 26.0. The first-order valence-corrected chi connectivity index (χ1v) is 6.23. The second kappa shape index (κ2) is 4.83. The van der Waals surface area contributed by atoms with Crippen LogP contribution in [0.3, 0.4) is 0 Å². The van der Waals surface area contributed by atoms with Gasteiger partial charge >= 0.3 is 0 Å². The number of halogens is 2. The zero-order chi connectivity index (χ0) is 13.2. The fourth-order valence-corrected chi connectivity index (χ4v) is 1.91. The lowest BCUT2D eigenvalue weighted by Crippen LogP contribution is -1.88. The Hall–Kier alpha value is -2.18. The van der Waals surface area contributed by atoms with Crippen LogP contribution in [0, 0.1) is 11.6 Å². The highest BCUT2D eigenvalue weighted by molar-refractivity contribution is 5.79. The van der Waals surface area contributed by atoms with Crippen LogP contribution in [0.1, 0.15) is 24.0 Å². The second-order valence-corrected chi connectivity index (χ2v) is 4.62. The van der Waals surface area contributed by atoms with Crippen LogP contribution in [-0.4, -0.2) is 0 Å². The van der Waals surface area contributed by atoms with E-state index in [-0.39, 0.29) is 11.6 Å². The largest absolute Gasteiger partial charge is 0.207 e. The van der Waals surface area contributed by atoms with Crippen molar-refractivity contribution in [2.45, 2.75) is 12.8 Å². The average Bonchev–Trinajstić information content (AvgIpc) is 3.22. The summed E-state index contributed by atoms with van der Waals surface area (Å²) in [7, 11) is 0. The molecular formula is C17H12F2. The molecule has 0 amide bonds. The smallest absolute Gasteiger partial charge is 0.123 e. The molecule has 1 aliphatic carbocycles. The van der Waals surface area contributed by atoms with E-state index >= 15 is 0 Å². The lowest BCUT2D eigenvalue weighted by atomic mass is 9.98. The van der Waals surface area contributed by atoms with E-state index < -0.39 is 0 Å². The molecule has 0 bridgehead atoms. The molecule has 19 heavy (non-hydrogen) atoms. The molecule has 2 heteroatoms. The van der Waals surface area contributed by atoms with Gasteiger partial charge in [-0.15, -0.1) is 5.73 Å². The molecule has 1 saturated carbocycles. The molecule has 1 fully saturated rings. The van der Waals surface area contributed by atoms with E-state index in [1.165, 1.54) is 29.8 Å². The van der Waals surface area contributed by atoms with Crippen LogP contribution in [0.4, 0.5) is 8.78 Å². The minimum absolute atomic E-state index is 0.263. The zero-order valence-corrected chi connectivity index (χ0v) is 10.3. The van der Waals surface area contributed by atoms with Crippen molar-refractivity contribution in [3.8, 4) is 0 Å². The molecule has 0 heterocycles. The normalized spacial score (nSPS) is 13.1. The van der Waals surface area contributed by atoms with Gasteiger partial charge < -0.3 is 0 Å². The molecule has 0 radical (unpaired) electrons. The molecule has 94 valence electrons. The molecule has 2 aromatic carbocycles. The van der Waals surface area contributed by atoms with E-state index in [1.807, 2.05) is 0 Å². The van der Waals surface area contributed by atoms with Crippen LogP contribution in [-0.2, 0) is 0 Å². The van der Waals surface area contributed by atoms with Gasteiger partial charge in [-0.1, -0.05) is 24.3 Å². The highest BCUT2D eigenvalue weighted by Gasteiger charge is 2.12. The third-order valence-corrected chi connectivity index (χ3v) is 3.07. The SMILES string of the molecule is Fc1ccc(C(=C=C2CC2)c2ccc(F)cc2)cc1. The van der Waals surface area contributed by atoms with Gasteiger partial charge in [0.05, 0.1) is 0 Å². The number of allylic oxidation sites excluding steroid dienone is 1. The lowest BCUT2D eigenvalue weighted by molar-refractivity contribution is 0.627. The van der Waals surface area contributed by atoms with Gasteiger partial charge in [0.2, 0.25) is 0 Å². The minimum atomic E-state index is -0.263. The summed E-state index contributed by atoms with van der Waals surface area (Å²) in [5, 5.41) is 0. The predicted molar refractivity (Wildman–Crippen MR) is 71.6 cm³/mol. The molecule has 0 N–H and O–H groups in total. The van der Waals surface area contributed by atoms with Crippen molar-refractivity contribution in [1.29, 1.82) is 0 Å². The van der Waals surface area contributed by atoms with Crippen molar-refractivity contribution in [2.24, 2.45) is 0 Å². The Bertz CT molecular complexity index is 604. The molecular weight excluding hydrogens is 242 g/mol. The van der Waals surface area contributed by atoms with Gasteiger partial charge in [0, 0.05) is 5.57 Å². The van der Waals surface area contributed by atoms with Crippen molar-refractivity contribution in [1.82, 2.24) is 0 Å². The van der Waals surface area contributed by atoms with Gasteiger partial charge in [0.25, 0.3) is 0 Å². The molecule has 0 unspecified atom stereocenters. The summed E-state index contributed by atoms with van der Waals surface area (Å²) in [6.45, 7) is 0. The first-order chi connectivity index (χ1) is 9.22. The third-order valence-electron chi connectivity index (χ3n) is 3.07. The summed E-state index contributed by atoms with van der Waals surface area (Å²) in [4.78, 5) is 0. The first kappa shape index (κ1) is 11.9. The second-order valence-electron chi connectivity index (χ2n) is 4.62. The van der Waals surface area contributed by atoms with Crippen LogP contribution in [0.5, 0.6) is 0 Å². The maximum absolute atomic E-state index is 13.0. The van der Waals surface area contributed by atoms with E-state index in [0.717, 1.165) is 29.5 Å². The molecule has 0 spiro atoms. The van der Waals surface area contributed by atoms with Crippen molar-refractivity contribution >= 4 is 5.57 Å². The van der Waals surface area contributed by atoms with E-state index in [4.69, 9.17) is 0 Å². The Morgan fingerprint density at radius 3 is 1.53 bits per heavy atom. The quantitative estimate of drug-likeness (QED) is 0.680. The lowest BCUT2D eigenvalue weighted by Gasteiger charge is -2.05. The predicted octanol–water partition coefficient (Wildman–Crippen LogP) is 4.72. The van der Waals surface area contributed by atoms with E-state index in [0.29, 0.717) is 0 Å². The molecule has 0 aromatic heterocycles. The molecule has 2 aromatic rings. The number of hydrogen-bond donors (Lipinski definition) is 0.